The predicted molar refractivity (Wildman–Crippen MR) is 132 cm³/mol. The lowest BCUT2D eigenvalue weighted by Gasteiger charge is -2.33. The van der Waals surface area contributed by atoms with Crippen molar-refractivity contribution in [1.82, 2.24) is 4.90 Å². The van der Waals surface area contributed by atoms with Gasteiger partial charge >= 0.3 is 6.03 Å². The number of carbonyl (C=O) groups is 2. The highest BCUT2D eigenvalue weighted by Crippen LogP contribution is 2.54. The zero-order valence-corrected chi connectivity index (χ0v) is 19.8. The van der Waals surface area contributed by atoms with Crippen LogP contribution >= 0.6 is 23.4 Å². The number of benzene rings is 3. The molecule has 9 heteroatoms. The van der Waals surface area contributed by atoms with Crippen molar-refractivity contribution in [3.63, 3.8) is 0 Å². The largest absolute Gasteiger partial charge is 0.497 e. The first kappa shape index (κ1) is 22.6. The lowest BCUT2D eigenvalue weighted by atomic mass is 10.1. The molecule has 0 radical (unpaired) electrons. The Labute approximate surface area is 205 Å². The quantitative estimate of drug-likeness (QED) is 0.519. The van der Waals surface area contributed by atoms with Crippen molar-refractivity contribution in [2.24, 2.45) is 0 Å². The van der Waals surface area contributed by atoms with Gasteiger partial charge < -0.3 is 15.0 Å². The minimum atomic E-state index is -1.36. The monoisotopic (exact) mass is 497 g/mol. The number of nitrogens with one attached hydrogen (secondary N) is 1. The van der Waals surface area contributed by atoms with Crippen molar-refractivity contribution in [1.29, 1.82) is 0 Å². The van der Waals surface area contributed by atoms with Gasteiger partial charge in [-0.15, -0.1) is 11.8 Å². The fraction of sp³-hybridized carbons (Fsp3) is 0.200. The molecule has 2 aliphatic rings. The minimum Gasteiger partial charge on any atom is -0.497 e. The maximum absolute atomic E-state index is 14.4. The number of urea groups is 1. The van der Waals surface area contributed by atoms with Gasteiger partial charge in [-0.05, 0) is 42.0 Å². The molecule has 5 rings (SSSR count). The van der Waals surface area contributed by atoms with Crippen LogP contribution in [-0.2, 0) is 16.2 Å². The van der Waals surface area contributed by atoms with E-state index in [0.29, 0.717) is 40.0 Å². The maximum Gasteiger partial charge on any atom is 0.323 e. The summed E-state index contributed by atoms with van der Waals surface area (Å²) in [4.78, 5) is 29.1. The van der Waals surface area contributed by atoms with Crippen molar-refractivity contribution in [2.45, 2.75) is 11.4 Å². The number of nitrogens with zero attached hydrogens (tertiary/aromatic N) is 2. The van der Waals surface area contributed by atoms with Gasteiger partial charge in [0, 0.05) is 34.6 Å². The molecule has 1 unspecified atom stereocenters. The van der Waals surface area contributed by atoms with Crippen LogP contribution in [0.1, 0.15) is 11.1 Å². The Morgan fingerprint density at radius 2 is 2.00 bits per heavy atom. The van der Waals surface area contributed by atoms with Crippen LogP contribution in [0.2, 0.25) is 5.02 Å². The van der Waals surface area contributed by atoms with Crippen LogP contribution in [0.25, 0.3) is 0 Å². The first-order chi connectivity index (χ1) is 16.4. The molecule has 1 fully saturated rings. The van der Waals surface area contributed by atoms with E-state index in [-0.39, 0.29) is 12.5 Å². The number of amides is 3. The number of halogens is 2. The second-order valence-electron chi connectivity index (χ2n) is 7.95. The fourth-order valence-electron chi connectivity index (χ4n) is 4.43. The second kappa shape index (κ2) is 8.85. The molecular weight excluding hydrogens is 477 g/mol. The first-order valence-electron chi connectivity index (χ1n) is 10.7. The Balaban J connectivity index is 1.53. The van der Waals surface area contributed by atoms with E-state index in [1.54, 1.807) is 48.4 Å². The maximum atomic E-state index is 14.4. The molecule has 2 aliphatic heterocycles. The summed E-state index contributed by atoms with van der Waals surface area (Å²) >= 11 is 7.69. The zero-order chi connectivity index (χ0) is 23.9. The third-order valence-corrected chi connectivity index (χ3v) is 7.80. The van der Waals surface area contributed by atoms with E-state index in [9.17, 15) is 14.0 Å². The van der Waals surface area contributed by atoms with E-state index in [4.69, 9.17) is 16.3 Å². The first-order valence-corrected chi connectivity index (χ1v) is 12.0. The Bertz CT molecular complexity index is 1290. The number of hydrogen-bond acceptors (Lipinski definition) is 4. The van der Waals surface area contributed by atoms with E-state index >= 15 is 0 Å². The van der Waals surface area contributed by atoms with Gasteiger partial charge in [0.05, 0.1) is 19.3 Å². The number of thioether (sulfide) groups is 1. The summed E-state index contributed by atoms with van der Waals surface area (Å²) in [6.45, 7) is 0.548. The standard InChI is InChI=1S/C25H21ClFN3O3S/c1-33-19-7-4-6-18(14-19)28-24(32)30-11-12-34-25(30)20-13-17(27)9-10-22(20)29(23(25)31)15-16-5-2-3-8-21(16)26/h2-10,13-14H,11-12,15H2,1H3,(H,28,32). The molecule has 3 aromatic rings. The predicted octanol–water partition coefficient (Wildman–Crippen LogP) is 5.47. The number of fused-ring (bicyclic) bond motifs is 2. The average molecular weight is 498 g/mol. The van der Waals surface area contributed by atoms with Gasteiger partial charge in [0.1, 0.15) is 11.6 Å². The Morgan fingerprint density at radius 1 is 1.18 bits per heavy atom. The number of ether oxygens (including phenoxy) is 1. The number of anilines is 2. The third kappa shape index (κ3) is 3.67. The fourth-order valence-corrected chi connectivity index (χ4v) is 6.08. The summed E-state index contributed by atoms with van der Waals surface area (Å²) in [5, 5.41) is 3.39. The summed E-state index contributed by atoms with van der Waals surface area (Å²) in [5.41, 5.74) is 2.34. The highest BCUT2D eigenvalue weighted by molar-refractivity contribution is 8.01. The molecule has 1 atom stereocenters. The number of hydrogen-bond donors (Lipinski definition) is 1. The van der Waals surface area contributed by atoms with Gasteiger partial charge in [-0.2, -0.15) is 0 Å². The van der Waals surface area contributed by atoms with Gasteiger partial charge in [-0.1, -0.05) is 35.9 Å². The summed E-state index contributed by atoms with van der Waals surface area (Å²) in [7, 11) is 1.54. The third-order valence-electron chi connectivity index (χ3n) is 6.01. The number of carbonyl (C=O) groups excluding carboxylic acids is 2. The van der Waals surface area contributed by atoms with E-state index in [1.165, 1.54) is 28.8 Å². The second-order valence-corrected chi connectivity index (χ2v) is 9.65. The molecule has 0 aromatic heterocycles. The molecule has 1 spiro atoms. The molecule has 3 amide bonds. The Hall–Kier alpha value is -3.23. The van der Waals surface area contributed by atoms with Crippen LogP contribution < -0.4 is 15.0 Å². The normalized spacial score (nSPS) is 19.0. The SMILES string of the molecule is COc1cccc(NC(=O)N2CCSC23C(=O)N(Cc2ccccc2Cl)c2ccc(F)cc23)c1. The molecule has 1 saturated heterocycles. The zero-order valence-electron chi connectivity index (χ0n) is 18.3. The molecule has 174 valence electrons. The van der Waals surface area contributed by atoms with Crippen LogP contribution in [-0.4, -0.2) is 36.2 Å². The molecule has 1 N–H and O–H groups in total. The van der Waals surface area contributed by atoms with Gasteiger partial charge in [0.25, 0.3) is 5.91 Å². The lowest BCUT2D eigenvalue weighted by molar-refractivity contribution is -0.123. The van der Waals surface area contributed by atoms with Crippen molar-refractivity contribution >= 4 is 46.7 Å². The number of rotatable bonds is 4. The average Bonchev–Trinajstić information content (AvgIpc) is 3.38. The van der Waals surface area contributed by atoms with Crippen molar-refractivity contribution in [3.05, 3.63) is 88.7 Å². The van der Waals surface area contributed by atoms with Gasteiger partial charge in [-0.25, -0.2) is 9.18 Å². The van der Waals surface area contributed by atoms with Crippen LogP contribution in [0.5, 0.6) is 5.75 Å². The highest BCUT2D eigenvalue weighted by atomic mass is 35.5. The molecule has 0 bridgehead atoms. The van der Waals surface area contributed by atoms with Crippen LogP contribution in [0.4, 0.5) is 20.6 Å². The molecule has 0 aliphatic carbocycles. The minimum absolute atomic E-state index is 0.213. The smallest absolute Gasteiger partial charge is 0.323 e. The highest BCUT2D eigenvalue weighted by Gasteiger charge is 2.59. The Morgan fingerprint density at radius 3 is 2.79 bits per heavy atom. The van der Waals surface area contributed by atoms with E-state index < -0.39 is 16.7 Å². The van der Waals surface area contributed by atoms with Gasteiger partial charge in [0.15, 0.2) is 4.87 Å². The Kier molecular flexibility index (Phi) is 5.87. The summed E-state index contributed by atoms with van der Waals surface area (Å²) in [6.07, 6.45) is 0. The molecule has 0 saturated carbocycles. The van der Waals surface area contributed by atoms with E-state index in [1.807, 2.05) is 18.2 Å². The molecule has 2 heterocycles. The number of methoxy groups -OCH3 is 1. The van der Waals surface area contributed by atoms with Gasteiger partial charge in [0.2, 0.25) is 0 Å². The van der Waals surface area contributed by atoms with Crippen LogP contribution in [0.3, 0.4) is 0 Å². The van der Waals surface area contributed by atoms with Gasteiger partial charge in [-0.3, -0.25) is 9.69 Å². The summed E-state index contributed by atoms with van der Waals surface area (Å²) < 4.78 is 19.6. The molecule has 34 heavy (non-hydrogen) atoms. The molecular formula is C25H21ClFN3O3S. The van der Waals surface area contributed by atoms with Crippen LogP contribution in [0, 0.1) is 5.82 Å². The van der Waals surface area contributed by atoms with Crippen molar-refractivity contribution < 1.29 is 18.7 Å². The van der Waals surface area contributed by atoms with E-state index in [0.717, 1.165) is 5.56 Å². The summed E-state index contributed by atoms with van der Waals surface area (Å²) in [5.74, 6) is 0.369. The molecule has 6 nitrogen and oxygen atoms in total. The summed E-state index contributed by atoms with van der Waals surface area (Å²) in [6, 6.07) is 18.1. The molecule has 3 aromatic carbocycles. The van der Waals surface area contributed by atoms with Crippen LogP contribution in [0.15, 0.2) is 66.7 Å². The lowest BCUT2D eigenvalue weighted by Crippen LogP contribution is -2.51. The van der Waals surface area contributed by atoms with Crippen molar-refractivity contribution in [2.75, 3.05) is 29.6 Å². The van der Waals surface area contributed by atoms with Crippen molar-refractivity contribution in [3.8, 4) is 5.75 Å². The topological polar surface area (TPSA) is 61.9 Å². The van der Waals surface area contributed by atoms with E-state index in [2.05, 4.69) is 5.32 Å².